The van der Waals surface area contributed by atoms with Crippen molar-refractivity contribution in [1.82, 2.24) is 20.5 Å². The fourth-order valence-electron chi connectivity index (χ4n) is 2.83. The molecule has 1 spiro atoms. The molecule has 0 bridgehead atoms. The van der Waals surface area contributed by atoms with Crippen LogP contribution in [0.1, 0.15) is 28.8 Å². The van der Waals surface area contributed by atoms with Crippen molar-refractivity contribution in [3.8, 4) is 0 Å². The molecular weight excluding hydrogens is 272 g/mol. The number of likely N-dealkylation sites (tertiary alicyclic amines) is 1. The van der Waals surface area contributed by atoms with E-state index in [4.69, 9.17) is 0 Å². The first-order valence-electron chi connectivity index (χ1n) is 6.85. The summed E-state index contributed by atoms with van der Waals surface area (Å²) in [5, 5.41) is 4.94. The van der Waals surface area contributed by atoms with Gasteiger partial charge in [0.1, 0.15) is 5.54 Å². The fraction of sp³-hybridized carbons (Fsp3) is 0.429. The lowest BCUT2D eigenvalue weighted by molar-refractivity contribution is -0.125. The van der Waals surface area contributed by atoms with Gasteiger partial charge in [0.2, 0.25) is 0 Å². The Labute approximate surface area is 121 Å². The van der Waals surface area contributed by atoms with Crippen molar-refractivity contribution in [3.63, 3.8) is 0 Å². The molecule has 2 saturated heterocycles. The smallest absolute Gasteiger partial charge is 0.322 e. The number of nitrogens with zero attached hydrogens (tertiary/aromatic N) is 2. The Morgan fingerprint density at radius 1 is 1.29 bits per heavy atom. The number of hydrogen-bond acceptors (Lipinski definition) is 4. The first-order valence-corrected chi connectivity index (χ1v) is 6.85. The van der Waals surface area contributed by atoms with E-state index in [2.05, 4.69) is 15.6 Å². The van der Waals surface area contributed by atoms with Crippen molar-refractivity contribution in [1.29, 1.82) is 0 Å². The van der Waals surface area contributed by atoms with Gasteiger partial charge in [0.25, 0.3) is 11.8 Å². The van der Waals surface area contributed by atoms with Crippen LogP contribution < -0.4 is 10.6 Å². The van der Waals surface area contributed by atoms with Crippen LogP contribution >= 0.6 is 0 Å². The molecule has 2 aliphatic heterocycles. The number of imide groups is 1. The van der Waals surface area contributed by atoms with Crippen LogP contribution in [0.2, 0.25) is 0 Å². The standard InChI is InChI=1S/C14H16N4O3/c1-9-6-10(8-15-7-9)11(19)18-4-2-14(3-5-18)12(20)16-13(21)17-14/h6-8H,2-5H2,1H3,(H2,16,17,20,21). The predicted molar refractivity (Wildman–Crippen MR) is 73.5 cm³/mol. The lowest BCUT2D eigenvalue weighted by Crippen LogP contribution is -2.55. The molecule has 3 heterocycles. The Balaban J connectivity index is 1.70. The van der Waals surface area contributed by atoms with Crippen molar-refractivity contribution in [2.24, 2.45) is 0 Å². The minimum atomic E-state index is -0.848. The Hall–Kier alpha value is -2.44. The first kappa shape index (κ1) is 13.5. The lowest BCUT2D eigenvalue weighted by Gasteiger charge is -2.36. The van der Waals surface area contributed by atoms with Crippen LogP contribution in [-0.2, 0) is 4.79 Å². The average molecular weight is 288 g/mol. The van der Waals surface area contributed by atoms with Crippen LogP contribution in [0.4, 0.5) is 4.79 Å². The van der Waals surface area contributed by atoms with E-state index in [0.717, 1.165) is 5.56 Å². The van der Waals surface area contributed by atoms with Gasteiger partial charge in [0.05, 0.1) is 5.56 Å². The second-order valence-corrected chi connectivity index (χ2v) is 5.53. The molecule has 0 atom stereocenters. The molecule has 2 fully saturated rings. The van der Waals surface area contributed by atoms with E-state index in [1.54, 1.807) is 23.4 Å². The molecule has 1 aromatic heterocycles. The Morgan fingerprint density at radius 2 is 2.00 bits per heavy atom. The number of nitrogens with one attached hydrogen (secondary N) is 2. The number of aromatic nitrogens is 1. The summed E-state index contributed by atoms with van der Waals surface area (Å²) in [4.78, 5) is 41.2. The highest BCUT2D eigenvalue weighted by Gasteiger charge is 2.48. The third kappa shape index (κ3) is 2.35. The normalized spacial score (nSPS) is 20.3. The highest BCUT2D eigenvalue weighted by Crippen LogP contribution is 2.26. The van der Waals surface area contributed by atoms with E-state index in [1.165, 1.54) is 0 Å². The summed E-state index contributed by atoms with van der Waals surface area (Å²) < 4.78 is 0. The van der Waals surface area contributed by atoms with Gasteiger partial charge in [-0.25, -0.2) is 4.79 Å². The zero-order chi connectivity index (χ0) is 15.0. The van der Waals surface area contributed by atoms with E-state index in [-0.39, 0.29) is 11.8 Å². The minimum absolute atomic E-state index is 0.0919. The molecular formula is C14H16N4O3. The van der Waals surface area contributed by atoms with Crippen LogP contribution in [0.3, 0.4) is 0 Å². The first-order chi connectivity index (χ1) is 10.00. The van der Waals surface area contributed by atoms with Gasteiger partial charge in [-0.05, 0) is 31.4 Å². The Bertz CT molecular complexity index is 620. The molecule has 1 aromatic rings. The lowest BCUT2D eigenvalue weighted by atomic mass is 9.87. The van der Waals surface area contributed by atoms with Crippen LogP contribution in [0.15, 0.2) is 18.5 Å². The summed E-state index contributed by atoms with van der Waals surface area (Å²) in [7, 11) is 0. The molecule has 0 saturated carbocycles. The number of aryl methyl sites for hydroxylation is 1. The highest BCUT2D eigenvalue weighted by molar-refractivity contribution is 6.07. The number of hydrogen-bond donors (Lipinski definition) is 2. The van der Waals surface area contributed by atoms with Crippen molar-refractivity contribution in [3.05, 3.63) is 29.6 Å². The third-order valence-corrected chi connectivity index (χ3v) is 4.04. The van der Waals surface area contributed by atoms with Crippen molar-refractivity contribution in [2.75, 3.05) is 13.1 Å². The predicted octanol–water partition coefficient (Wildman–Crippen LogP) is 0.204. The van der Waals surface area contributed by atoms with Crippen LogP contribution in [0, 0.1) is 6.92 Å². The second kappa shape index (κ2) is 4.83. The van der Waals surface area contributed by atoms with Crippen LogP contribution in [0.25, 0.3) is 0 Å². The summed E-state index contributed by atoms with van der Waals surface area (Å²) in [6, 6.07) is 1.34. The van der Waals surface area contributed by atoms with Gasteiger partial charge < -0.3 is 10.2 Å². The number of amides is 4. The molecule has 0 aliphatic carbocycles. The molecule has 4 amide bonds. The molecule has 110 valence electrons. The second-order valence-electron chi connectivity index (χ2n) is 5.53. The number of piperidine rings is 1. The zero-order valence-corrected chi connectivity index (χ0v) is 11.7. The van der Waals surface area contributed by atoms with E-state index in [0.29, 0.717) is 31.5 Å². The Morgan fingerprint density at radius 3 is 2.57 bits per heavy atom. The molecule has 7 heteroatoms. The monoisotopic (exact) mass is 288 g/mol. The maximum atomic E-state index is 12.4. The molecule has 21 heavy (non-hydrogen) atoms. The van der Waals surface area contributed by atoms with Crippen LogP contribution in [0.5, 0.6) is 0 Å². The van der Waals surface area contributed by atoms with Gasteiger partial charge in [-0.15, -0.1) is 0 Å². The summed E-state index contributed by atoms with van der Waals surface area (Å²) in [5.74, 6) is -0.386. The SMILES string of the molecule is Cc1cncc(C(=O)N2CCC3(CC2)NC(=O)NC3=O)c1. The maximum absolute atomic E-state index is 12.4. The maximum Gasteiger partial charge on any atom is 0.322 e. The summed E-state index contributed by atoms with van der Waals surface area (Å²) in [5.41, 5.74) is 0.626. The fourth-order valence-corrected chi connectivity index (χ4v) is 2.83. The van der Waals surface area contributed by atoms with Gasteiger partial charge in [-0.1, -0.05) is 0 Å². The number of carbonyl (C=O) groups excluding carboxylic acids is 3. The van der Waals surface area contributed by atoms with Gasteiger partial charge in [0.15, 0.2) is 0 Å². The van der Waals surface area contributed by atoms with Gasteiger partial charge in [-0.3, -0.25) is 19.9 Å². The molecule has 0 unspecified atom stereocenters. The van der Waals surface area contributed by atoms with Gasteiger partial charge in [-0.2, -0.15) is 0 Å². The van der Waals surface area contributed by atoms with E-state index >= 15 is 0 Å². The molecule has 2 aliphatic rings. The highest BCUT2D eigenvalue weighted by atomic mass is 16.2. The quantitative estimate of drug-likeness (QED) is 0.722. The third-order valence-electron chi connectivity index (χ3n) is 4.04. The van der Waals surface area contributed by atoms with E-state index in [9.17, 15) is 14.4 Å². The van der Waals surface area contributed by atoms with Gasteiger partial charge >= 0.3 is 6.03 Å². The van der Waals surface area contributed by atoms with E-state index in [1.807, 2.05) is 6.92 Å². The van der Waals surface area contributed by atoms with E-state index < -0.39 is 11.6 Å². The molecule has 2 N–H and O–H groups in total. The van der Waals surface area contributed by atoms with Crippen LogP contribution in [-0.4, -0.2) is 46.4 Å². The summed E-state index contributed by atoms with van der Waals surface area (Å²) in [6.07, 6.45) is 4.09. The largest absolute Gasteiger partial charge is 0.338 e. The van der Waals surface area contributed by atoms with Gasteiger partial charge in [0, 0.05) is 25.5 Å². The molecule has 0 radical (unpaired) electrons. The number of urea groups is 1. The number of carbonyl (C=O) groups is 3. The summed E-state index contributed by atoms with van der Waals surface area (Å²) in [6.45, 7) is 2.74. The molecule has 7 nitrogen and oxygen atoms in total. The zero-order valence-electron chi connectivity index (χ0n) is 11.7. The Kier molecular flexibility index (Phi) is 3.12. The van der Waals surface area contributed by atoms with Crippen molar-refractivity contribution >= 4 is 17.8 Å². The number of pyridine rings is 1. The molecule has 0 aromatic carbocycles. The minimum Gasteiger partial charge on any atom is -0.338 e. The summed E-state index contributed by atoms with van der Waals surface area (Å²) >= 11 is 0. The average Bonchev–Trinajstić information content (AvgIpc) is 2.73. The topological polar surface area (TPSA) is 91.4 Å². The van der Waals surface area contributed by atoms with Crippen molar-refractivity contribution in [2.45, 2.75) is 25.3 Å². The molecule has 3 rings (SSSR count). The number of rotatable bonds is 1. The van der Waals surface area contributed by atoms with Crippen molar-refractivity contribution < 1.29 is 14.4 Å².